The molecule has 0 spiro atoms. The highest BCUT2D eigenvalue weighted by Gasteiger charge is 2.29. The van der Waals surface area contributed by atoms with Crippen LogP contribution in [-0.4, -0.2) is 20.1 Å². The van der Waals surface area contributed by atoms with Crippen LogP contribution in [0.3, 0.4) is 0 Å². The fraction of sp³-hybridized carbons (Fsp3) is 0.312. The van der Waals surface area contributed by atoms with E-state index in [0.29, 0.717) is 6.42 Å². The van der Waals surface area contributed by atoms with Crippen molar-refractivity contribution < 1.29 is 9.53 Å². The van der Waals surface area contributed by atoms with Crippen molar-refractivity contribution in [3.05, 3.63) is 48.0 Å². The summed E-state index contributed by atoms with van der Waals surface area (Å²) in [5.74, 6) is -0.218. The van der Waals surface area contributed by atoms with Crippen LogP contribution < -0.4 is 5.32 Å². The first-order valence-electron chi connectivity index (χ1n) is 6.34. The van der Waals surface area contributed by atoms with Gasteiger partial charge in [-0.3, -0.25) is 4.79 Å². The van der Waals surface area contributed by atoms with E-state index in [2.05, 4.69) is 29.6 Å². The van der Waals surface area contributed by atoms with Crippen LogP contribution in [0, 0.1) is 0 Å². The maximum absolute atomic E-state index is 11.6. The molecule has 100 valence electrons. The lowest BCUT2D eigenvalue weighted by Crippen LogP contribution is -2.39. The summed E-state index contributed by atoms with van der Waals surface area (Å²) in [5.41, 5.74) is 0.673. The fourth-order valence-electron chi connectivity index (χ4n) is 2.39. The molecule has 0 heterocycles. The molecule has 2 aromatic rings. The largest absolute Gasteiger partial charge is 0.469 e. The topological polar surface area (TPSA) is 38.3 Å². The average molecular weight is 257 g/mol. The van der Waals surface area contributed by atoms with E-state index < -0.39 is 5.54 Å². The molecule has 3 nitrogen and oxygen atoms in total. The summed E-state index contributed by atoms with van der Waals surface area (Å²) in [5, 5.41) is 5.58. The van der Waals surface area contributed by atoms with Gasteiger partial charge in [0.1, 0.15) is 0 Å². The van der Waals surface area contributed by atoms with Crippen LogP contribution in [0.5, 0.6) is 0 Å². The quantitative estimate of drug-likeness (QED) is 0.856. The Morgan fingerprint density at radius 1 is 1.21 bits per heavy atom. The van der Waals surface area contributed by atoms with E-state index in [4.69, 9.17) is 4.74 Å². The van der Waals surface area contributed by atoms with Gasteiger partial charge in [0.05, 0.1) is 19.1 Å². The van der Waals surface area contributed by atoms with Crippen LogP contribution in [0.15, 0.2) is 42.5 Å². The summed E-state index contributed by atoms with van der Waals surface area (Å²) < 4.78 is 4.80. The van der Waals surface area contributed by atoms with Crippen LogP contribution in [0.1, 0.15) is 18.9 Å². The van der Waals surface area contributed by atoms with Crippen LogP contribution in [0.2, 0.25) is 0 Å². The van der Waals surface area contributed by atoms with Gasteiger partial charge in [-0.1, -0.05) is 42.5 Å². The standard InChI is InChI=1S/C16H19NO2/c1-16(17-2,11-15(18)19-3)14-10-6-8-12-7-4-5-9-13(12)14/h4-10,17H,11H2,1-3H3. The highest BCUT2D eigenvalue weighted by Crippen LogP contribution is 2.31. The van der Waals surface area contributed by atoms with E-state index in [1.54, 1.807) is 0 Å². The number of hydrogen-bond acceptors (Lipinski definition) is 3. The van der Waals surface area contributed by atoms with E-state index >= 15 is 0 Å². The fourth-order valence-corrected chi connectivity index (χ4v) is 2.39. The number of benzene rings is 2. The SMILES string of the molecule is CNC(C)(CC(=O)OC)c1cccc2ccccc12. The van der Waals surface area contributed by atoms with Crippen molar-refractivity contribution in [1.29, 1.82) is 0 Å². The number of esters is 1. The molecule has 1 unspecified atom stereocenters. The Morgan fingerprint density at radius 3 is 2.58 bits per heavy atom. The minimum absolute atomic E-state index is 0.218. The van der Waals surface area contributed by atoms with E-state index in [1.165, 1.54) is 12.5 Å². The van der Waals surface area contributed by atoms with Gasteiger partial charge in [-0.2, -0.15) is 0 Å². The van der Waals surface area contributed by atoms with Crippen LogP contribution in [0.4, 0.5) is 0 Å². The van der Waals surface area contributed by atoms with Gasteiger partial charge >= 0.3 is 5.97 Å². The summed E-state index contributed by atoms with van der Waals surface area (Å²) in [6.07, 6.45) is 0.300. The number of nitrogens with one attached hydrogen (secondary N) is 1. The molecule has 0 amide bonds. The Bertz CT molecular complexity index is 589. The lowest BCUT2D eigenvalue weighted by molar-refractivity contribution is -0.142. The first-order valence-corrected chi connectivity index (χ1v) is 6.34. The molecule has 2 rings (SSSR count). The molecule has 0 aliphatic rings. The summed E-state index contributed by atoms with van der Waals surface area (Å²) in [7, 11) is 3.28. The van der Waals surface area contributed by atoms with Crippen molar-refractivity contribution in [2.45, 2.75) is 18.9 Å². The lowest BCUT2D eigenvalue weighted by atomic mass is 9.85. The van der Waals surface area contributed by atoms with Crippen molar-refractivity contribution in [1.82, 2.24) is 5.32 Å². The molecule has 0 aliphatic heterocycles. The summed E-state index contributed by atoms with van der Waals surface area (Å²) in [6.45, 7) is 2.02. The number of carbonyl (C=O) groups is 1. The summed E-state index contributed by atoms with van der Waals surface area (Å²) >= 11 is 0. The Hall–Kier alpha value is -1.87. The number of fused-ring (bicyclic) bond motifs is 1. The Kier molecular flexibility index (Phi) is 3.86. The second-order valence-corrected chi connectivity index (χ2v) is 4.86. The third kappa shape index (κ3) is 2.61. The molecule has 1 N–H and O–H groups in total. The van der Waals surface area contributed by atoms with E-state index in [0.717, 1.165) is 10.9 Å². The number of hydrogen-bond donors (Lipinski definition) is 1. The van der Waals surface area contributed by atoms with Crippen molar-refractivity contribution in [2.24, 2.45) is 0 Å². The minimum atomic E-state index is -0.437. The van der Waals surface area contributed by atoms with Gasteiger partial charge < -0.3 is 10.1 Å². The number of ether oxygens (including phenoxy) is 1. The van der Waals surface area contributed by atoms with Gasteiger partial charge in [0, 0.05) is 0 Å². The average Bonchev–Trinajstić information content (AvgIpc) is 2.46. The third-order valence-electron chi connectivity index (χ3n) is 3.66. The normalized spacial score (nSPS) is 14.1. The highest BCUT2D eigenvalue weighted by molar-refractivity contribution is 5.87. The van der Waals surface area contributed by atoms with Crippen molar-refractivity contribution >= 4 is 16.7 Å². The molecule has 0 saturated carbocycles. The first kappa shape index (κ1) is 13.6. The number of carbonyl (C=O) groups excluding carboxylic acids is 1. The molecule has 0 aromatic heterocycles. The van der Waals surface area contributed by atoms with Crippen LogP contribution in [-0.2, 0) is 15.1 Å². The summed E-state index contributed by atoms with van der Waals surface area (Å²) in [4.78, 5) is 11.6. The smallest absolute Gasteiger partial charge is 0.307 e. The van der Waals surface area contributed by atoms with E-state index in [1.807, 2.05) is 32.2 Å². The zero-order chi connectivity index (χ0) is 13.9. The first-order chi connectivity index (χ1) is 9.10. The van der Waals surface area contributed by atoms with Crippen LogP contribution in [0.25, 0.3) is 10.8 Å². The predicted octanol–water partition coefficient (Wildman–Crippen LogP) is 2.84. The molecular formula is C16H19NO2. The molecule has 1 atom stereocenters. The Balaban J connectivity index is 2.54. The van der Waals surface area contributed by atoms with Gasteiger partial charge in [-0.15, -0.1) is 0 Å². The lowest BCUT2D eigenvalue weighted by Gasteiger charge is -2.30. The van der Waals surface area contributed by atoms with E-state index in [9.17, 15) is 4.79 Å². The Labute approximate surface area is 113 Å². The number of rotatable bonds is 4. The molecular weight excluding hydrogens is 238 g/mol. The predicted molar refractivity (Wildman–Crippen MR) is 77.0 cm³/mol. The molecule has 0 fully saturated rings. The zero-order valence-corrected chi connectivity index (χ0v) is 11.6. The third-order valence-corrected chi connectivity index (χ3v) is 3.66. The zero-order valence-electron chi connectivity index (χ0n) is 11.6. The minimum Gasteiger partial charge on any atom is -0.469 e. The molecule has 0 aliphatic carbocycles. The Morgan fingerprint density at radius 2 is 1.89 bits per heavy atom. The molecule has 19 heavy (non-hydrogen) atoms. The molecule has 3 heteroatoms. The van der Waals surface area contributed by atoms with Gasteiger partial charge in [0.2, 0.25) is 0 Å². The number of methoxy groups -OCH3 is 1. The van der Waals surface area contributed by atoms with Crippen molar-refractivity contribution in [3.8, 4) is 0 Å². The molecule has 0 saturated heterocycles. The maximum atomic E-state index is 11.6. The van der Waals surface area contributed by atoms with Crippen molar-refractivity contribution in [2.75, 3.05) is 14.2 Å². The summed E-state index contributed by atoms with van der Waals surface area (Å²) in [6, 6.07) is 14.3. The highest BCUT2D eigenvalue weighted by atomic mass is 16.5. The monoisotopic (exact) mass is 257 g/mol. The van der Waals surface area contributed by atoms with Gasteiger partial charge in [-0.25, -0.2) is 0 Å². The van der Waals surface area contributed by atoms with Gasteiger partial charge in [-0.05, 0) is 30.3 Å². The van der Waals surface area contributed by atoms with Crippen molar-refractivity contribution in [3.63, 3.8) is 0 Å². The molecule has 0 bridgehead atoms. The second-order valence-electron chi connectivity index (χ2n) is 4.86. The molecule has 2 aromatic carbocycles. The van der Waals surface area contributed by atoms with Crippen LogP contribution >= 0.6 is 0 Å². The van der Waals surface area contributed by atoms with Gasteiger partial charge in [0.25, 0.3) is 0 Å². The maximum Gasteiger partial charge on any atom is 0.307 e. The van der Waals surface area contributed by atoms with E-state index in [-0.39, 0.29) is 5.97 Å². The molecule has 0 radical (unpaired) electrons. The second kappa shape index (κ2) is 5.41. The van der Waals surface area contributed by atoms with Gasteiger partial charge in [0.15, 0.2) is 0 Å².